The number of anilines is 2. The second-order valence-corrected chi connectivity index (χ2v) is 7.59. The minimum absolute atomic E-state index is 0.154. The lowest BCUT2D eigenvalue weighted by Gasteiger charge is -2.16. The summed E-state index contributed by atoms with van der Waals surface area (Å²) in [4.78, 5) is 29.9. The van der Waals surface area contributed by atoms with Crippen LogP contribution in [0.5, 0.6) is 11.5 Å². The predicted octanol–water partition coefficient (Wildman–Crippen LogP) is 3.60. The van der Waals surface area contributed by atoms with E-state index in [1.807, 2.05) is 0 Å². The van der Waals surface area contributed by atoms with Crippen molar-refractivity contribution in [2.24, 2.45) is 0 Å². The number of thiazole rings is 1. The maximum Gasteiger partial charge on any atom is 0.322 e. The molecule has 3 heterocycles. The van der Waals surface area contributed by atoms with Crippen molar-refractivity contribution in [2.45, 2.75) is 0 Å². The van der Waals surface area contributed by atoms with Gasteiger partial charge in [-0.05, 0) is 24.3 Å². The first-order valence-electron chi connectivity index (χ1n) is 9.21. The summed E-state index contributed by atoms with van der Waals surface area (Å²) < 4.78 is 39.1. The first-order chi connectivity index (χ1) is 15.0. The van der Waals surface area contributed by atoms with Gasteiger partial charge in [-0.2, -0.15) is 0 Å². The fourth-order valence-corrected chi connectivity index (χ4v) is 4.02. The van der Waals surface area contributed by atoms with Crippen molar-refractivity contribution in [2.75, 3.05) is 30.1 Å². The number of fused-ring (bicyclic) bond motifs is 1. The third-order valence-corrected chi connectivity index (χ3v) is 5.58. The lowest BCUT2D eigenvalue weighted by molar-refractivity contribution is 0.102. The Kier molecular flexibility index (Phi) is 4.66. The number of halogens is 2. The lowest BCUT2D eigenvalue weighted by Crippen LogP contribution is -2.29. The van der Waals surface area contributed by atoms with Crippen LogP contribution in [-0.4, -0.2) is 36.8 Å². The van der Waals surface area contributed by atoms with E-state index < -0.39 is 29.1 Å². The molecule has 158 valence electrons. The second-order valence-electron chi connectivity index (χ2n) is 6.73. The summed E-state index contributed by atoms with van der Waals surface area (Å²) in [5.74, 6) is -1.52. The van der Waals surface area contributed by atoms with Crippen molar-refractivity contribution >= 4 is 34.1 Å². The summed E-state index contributed by atoms with van der Waals surface area (Å²) in [5.41, 5.74) is 0.793. The highest BCUT2D eigenvalue weighted by Gasteiger charge is 2.27. The van der Waals surface area contributed by atoms with E-state index in [0.717, 1.165) is 27.9 Å². The molecule has 2 aliphatic rings. The Labute approximate surface area is 178 Å². The molecular formula is C20H14F2N4O4S. The average Bonchev–Trinajstić information content (AvgIpc) is 3.48. The van der Waals surface area contributed by atoms with Gasteiger partial charge in [-0.1, -0.05) is 0 Å². The number of carbonyl (C=O) groups excluding carboxylic acids is 2. The normalized spacial score (nSPS) is 14.6. The number of rotatable bonds is 4. The van der Waals surface area contributed by atoms with Crippen molar-refractivity contribution in [1.82, 2.24) is 10.3 Å². The van der Waals surface area contributed by atoms with Crippen molar-refractivity contribution in [3.63, 3.8) is 0 Å². The molecule has 0 radical (unpaired) electrons. The lowest BCUT2D eigenvalue weighted by atomic mass is 10.1. The summed E-state index contributed by atoms with van der Waals surface area (Å²) in [5, 5.41) is 7.02. The molecule has 0 bridgehead atoms. The summed E-state index contributed by atoms with van der Waals surface area (Å²) in [6.07, 6.45) is 0. The van der Waals surface area contributed by atoms with Crippen LogP contribution in [0.3, 0.4) is 0 Å². The van der Waals surface area contributed by atoms with Crippen LogP contribution in [-0.2, 0) is 0 Å². The monoisotopic (exact) mass is 444 g/mol. The van der Waals surface area contributed by atoms with Gasteiger partial charge in [0, 0.05) is 30.1 Å². The molecule has 0 spiro atoms. The highest BCUT2D eigenvalue weighted by molar-refractivity contribution is 7.14. The molecule has 2 aromatic carbocycles. The Balaban J connectivity index is 1.38. The maximum absolute atomic E-state index is 14.3. The second kappa shape index (κ2) is 7.51. The molecule has 0 atom stereocenters. The Morgan fingerprint density at radius 1 is 1.16 bits per heavy atom. The van der Waals surface area contributed by atoms with Gasteiger partial charge in [0.05, 0.1) is 16.9 Å². The summed E-state index contributed by atoms with van der Waals surface area (Å²) >= 11 is 1.15. The number of ether oxygens (including phenoxy) is 2. The smallest absolute Gasteiger partial charge is 0.322 e. The predicted molar refractivity (Wildman–Crippen MR) is 109 cm³/mol. The van der Waals surface area contributed by atoms with Gasteiger partial charge in [0.2, 0.25) is 6.79 Å². The topological polar surface area (TPSA) is 92.8 Å². The Morgan fingerprint density at radius 3 is 2.81 bits per heavy atom. The zero-order valence-electron chi connectivity index (χ0n) is 15.8. The van der Waals surface area contributed by atoms with Crippen LogP contribution in [0.15, 0.2) is 35.7 Å². The summed E-state index contributed by atoms with van der Waals surface area (Å²) in [7, 11) is 0. The largest absolute Gasteiger partial charge is 0.454 e. The van der Waals surface area contributed by atoms with Gasteiger partial charge in [0.1, 0.15) is 11.6 Å². The quantitative estimate of drug-likeness (QED) is 0.642. The highest BCUT2D eigenvalue weighted by Crippen LogP contribution is 2.36. The SMILES string of the molecule is O=C(Nc1nc(-c2ccc3c(c2)OCO3)cs1)c1cc(N2CCNC2=O)c(F)cc1F. The third-order valence-electron chi connectivity index (χ3n) is 4.82. The number of carbonyl (C=O) groups is 2. The number of benzene rings is 2. The molecule has 3 amide bonds. The molecule has 2 aliphatic heterocycles. The van der Waals surface area contributed by atoms with Crippen LogP contribution in [0.2, 0.25) is 0 Å². The van der Waals surface area contributed by atoms with Gasteiger partial charge in [0.15, 0.2) is 16.6 Å². The number of urea groups is 1. The van der Waals surface area contributed by atoms with E-state index in [1.165, 1.54) is 0 Å². The number of aromatic nitrogens is 1. The molecule has 1 saturated heterocycles. The first kappa shape index (κ1) is 19.2. The highest BCUT2D eigenvalue weighted by atomic mass is 32.1. The fourth-order valence-electron chi connectivity index (χ4n) is 3.30. The molecule has 3 aromatic rings. The Hall–Kier alpha value is -3.73. The van der Waals surface area contributed by atoms with E-state index in [4.69, 9.17) is 9.47 Å². The van der Waals surface area contributed by atoms with Crippen molar-refractivity contribution in [3.05, 3.63) is 52.9 Å². The molecule has 8 nitrogen and oxygen atoms in total. The minimum Gasteiger partial charge on any atom is -0.454 e. The number of hydrogen-bond acceptors (Lipinski definition) is 6. The number of nitrogens with zero attached hydrogens (tertiary/aromatic N) is 2. The van der Waals surface area contributed by atoms with E-state index in [0.29, 0.717) is 29.8 Å². The van der Waals surface area contributed by atoms with Crippen LogP contribution in [0.4, 0.5) is 24.4 Å². The van der Waals surface area contributed by atoms with Gasteiger partial charge in [0.25, 0.3) is 5.91 Å². The Bertz CT molecular complexity index is 1220. The number of nitrogens with one attached hydrogen (secondary N) is 2. The van der Waals surface area contributed by atoms with Crippen LogP contribution in [0, 0.1) is 11.6 Å². The fraction of sp³-hybridized carbons (Fsp3) is 0.150. The van der Waals surface area contributed by atoms with Gasteiger partial charge >= 0.3 is 6.03 Å². The molecule has 2 N–H and O–H groups in total. The van der Waals surface area contributed by atoms with Crippen LogP contribution in [0.1, 0.15) is 10.4 Å². The van der Waals surface area contributed by atoms with Crippen molar-refractivity contribution in [3.8, 4) is 22.8 Å². The molecular weight excluding hydrogens is 430 g/mol. The van der Waals surface area contributed by atoms with Crippen molar-refractivity contribution < 1.29 is 27.8 Å². The molecule has 31 heavy (non-hydrogen) atoms. The zero-order valence-corrected chi connectivity index (χ0v) is 16.6. The third kappa shape index (κ3) is 3.52. The summed E-state index contributed by atoms with van der Waals surface area (Å²) in [6.45, 7) is 0.703. The first-order valence-corrected chi connectivity index (χ1v) is 10.1. The van der Waals surface area contributed by atoms with E-state index in [9.17, 15) is 18.4 Å². The summed E-state index contributed by atoms with van der Waals surface area (Å²) in [6, 6.07) is 6.45. The molecule has 1 fully saturated rings. The van der Waals surface area contributed by atoms with Crippen molar-refractivity contribution in [1.29, 1.82) is 0 Å². The van der Waals surface area contributed by atoms with E-state index in [2.05, 4.69) is 15.6 Å². The number of amides is 3. The molecule has 5 rings (SSSR count). The van der Waals surface area contributed by atoms with Gasteiger partial charge in [-0.3, -0.25) is 15.0 Å². The zero-order chi connectivity index (χ0) is 21.5. The van der Waals surface area contributed by atoms with E-state index in [1.54, 1.807) is 23.6 Å². The molecule has 1 aromatic heterocycles. The number of hydrogen-bond donors (Lipinski definition) is 2. The molecule has 11 heteroatoms. The van der Waals surface area contributed by atoms with Gasteiger partial charge < -0.3 is 14.8 Å². The van der Waals surface area contributed by atoms with Gasteiger partial charge in [-0.25, -0.2) is 18.6 Å². The minimum atomic E-state index is -1.04. The molecule has 0 saturated carbocycles. The van der Waals surface area contributed by atoms with Crippen LogP contribution in [0.25, 0.3) is 11.3 Å². The van der Waals surface area contributed by atoms with Crippen LogP contribution >= 0.6 is 11.3 Å². The van der Waals surface area contributed by atoms with Gasteiger partial charge in [-0.15, -0.1) is 11.3 Å². The van der Waals surface area contributed by atoms with Crippen LogP contribution < -0.4 is 25.0 Å². The standard InChI is InChI=1S/C20H14F2N4O4S/c21-12-7-13(22)15(26-4-3-23-20(26)28)6-11(12)18(27)25-19-24-14(8-31-19)10-1-2-16-17(5-10)30-9-29-16/h1-2,5-8H,3-4,9H2,(H,23,28)(H,24,25,27). The van der Waals surface area contributed by atoms with E-state index in [-0.39, 0.29) is 24.2 Å². The van der Waals surface area contributed by atoms with E-state index >= 15 is 0 Å². The Morgan fingerprint density at radius 2 is 2.00 bits per heavy atom. The average molecular weight is 444 g/mol. The molecule has 0 unspecified atom stereocenters. The maximum atomic E-state index is 14.3. The molecule has 0 aliphatic carbocycles.